The molecule has 8 nitrogen and oxygen atoms in total. The summed E-state index contributed by atoms with van der Waals surface area (Å²) >= 11 is 0. The highest BCUT2D eigenvalue weighted by Gasteiger charge is 2.27. The molecule has 1 aliphatic heterocycles. The van der Waals surface area contributed by atoms with Crippen LogP contribution >= 0.6 is 0 Å². The Hall–Kier alpha value is -2.85. The number of benzene rings is 1. The van der Waals surface area contributed by atoms with E-state index in [1.165, 1.54) is 19.2 Å². The molecule has 0 amide bonds. The average Bonchev–Trinajstić information content (AvgIpc) is 2.76. The van der Waals surface area contributed by atoms with Crippen LogP contribution in [0.2, 0.25) is 0 Å². The van der Waals surface area contributed by atoms with Crippen LogP contribution in [0.1, 0.15) is 43.9 Å². The van der Waals surface area contributed by atoms with E-state index in [2.05, 4.69) is 9.97 Å². The molecule has 0 radical (unpaired) electrons. The minimum absolute atomic E-state index is 0.0150. The number of rotatable bonds is 7. The third-order valence-corrected chi connectivity index (χ3v) is 6.55. The van der Waals surface area contributed by atoms with Crippen molar-refractivity contribution in [3.05, 3.63) is 47.4 Å². The van der Waals surface area contributed by atoms with Crippen molar-refractivity contribution < 1.29 is 27.1 Å². The average molecular weight is 478 g/mol. The summed E-state index contributed by atoms with van der Waals surface area (Å²) in [6, 6.07) is 5.77. The number of esters is 1. The molecule has 1 aromatic heterocycles. The van der Waals surface area contributed by atoms with Gasteiger partial charge in [-0.05, 0) is 36.3 Å². The molecule has 0 bridgehead atoms. The summed E-state index contributed by atoms with van der Waals surface area (Å²) in [6.07, 6.45) is 4.58. The molecule has 1 saturated heterocycles. The van der Waals surface area contributed by atoms with E-state index >= 15 is 0 Å². The molecular weight excluding hydrogens is 449 g/mol. The molecule has 1 fully saturated rings. The maximum atomic E-state index is 13.6. The Bertz CT molecular complexity index is 1150. The summed E-state index contributed by atoms with van der Waals surface area (Å²) in [7, 11) is -0.669. The fourth-order valence-electron chi connectivity index (χ4n) is 3.49. The van der Waals surface area contributed by atoms with Crippen molar-refractivity contribution in [1.29, 1.82) is 0 Å². The number of sulfonamides is 1. The zero-order chi connectivity index (χ0) is 24.3. The molecule has 0 spiro atoms. The fraction of sp³-hybridized carbons (Fsp3) is 0.435. The lowest BCUT2D eigenvalue weighted by molar-refractivity contribution is -0.157. The first-order chi connectivity index (χ1) is 15.5. The van der Waals surface area contributed by atoms with Gasteiger partial charge in [0.2, 0.25) is 16.0 Å². The van der Waals surface area contributed by atoms with Crippen LogP contribution in [0.25, 0.3) is 17.3 Å². The molecule has 10 heteroatoms. The monoisotopic (exact) mass is 477 g/mol. The number of aromatic nitrogens is 2. The summed E-state index contributed by atoms with van der Waals surface area (Å²) < 4.78 is 49.6. The molecule has 2 atom stereocenters. The van der Waals surface area contributed by atoms with Crippen LogP contribution in [-0.2, 0) is 24.3 Å². The van der Waals surface area contributed by atoms with Crippen LogP contribution < -0.4 is 4.31 Å². The van der Waals surface area contributed by atoms with Gasteiger partial charge in [-0.25, -0.2) is 27.1 Å². The molecule has 3 rings (SSSR count). The zero-order valence-electron chi connectivity index (χ0n) is 19.3. The predicted octanol–water partition coefficient (Wildman–Crippen LogP) is 3.54. The Kier molecular flexibility index (Phi) is 7.48. The van der Waals surface area contributed by atoms with Gasteiger partial charge in [-0.1, -0.05) is 19.9 Å². The van der Waals surface area contributed by atoms with Crippen LogP contribution in [0.3, 0.4) is 0 Å². The normalized spacial score (nSPS) is 19.2. The van der Waals surface area contributed by atoms with Gasteiger partial charge in [-0.2, -0.15) is 0 Å². The molecule has 0 N–H and O–H groups in total. The Balaban J connectivity index is 2.16. The largest absolute Gasteiger partial charge is 0.458 e. The lowest BCUT2D eigenvalue weighted by Gasteiger charge is -2.26. The first-order valence-corrected chi connectivity index (χ1v) is 12.4. The molecule has 0 aliphatic carbocycles. The van der Waals surface area contributed by atoms with Crippen molar-refractivity contribution in [2.45, 2.75) is 44.8 Å². The van der Waals surface area contributed by atoms with Crippen LogP contribution in [0.15, 0.2) is 30.3 Å². The second-order valence-corrected chi connectivity index (χ2v) is 10.3. The SMILES string of the molecule is CO[C@H]1CC(=O)O[C@H](/C=C/c2c(-c3ccc(F)cc3)nc(N(C)S(C)(=O)=O)nc2C(C)C)C1. The van der Waals surface area contributed by atoms with E-state index < -0.39 is 21.9 Å². The summed E-state index contributed by atoms with van der Waals surface area (Å²) in [5.41, 5.74) is 2.29. The van der Waals surface area contributed by atoms with Crippen molar-refractivity contribution >= 4 is 28.0 Å². The number of hydrogen-bond acceptors (Lipinski definition) is 7. The highest BCUT2D eigenvalue weighted by Crippen LogP contribution is 2.32. The van der Waals surface area contributed by atoms with Crippen molar-refractivity contribution in [2.75, 3.05) is 24.7 Å². The maximum absolute atomic E-state index is 13.6. The maximum Gasteiger partial charge on any atom is 0.309 e. The van der Waals surface area contributed by atoms with Crippen LogP contribution in [0.5, 0.6) is 0 Å². The van der Waals surface area contributed by atoms with E-state index in [0.29, 0.717) is 28.9 Å². The van der Waals surface area contributed by atoms with Gasteiger partial charge in [0.25, 0.3) is 0 Å². The first kappa shape index (κ1) is 24.8. The molecule has 0 saturated carbocycles. The van der Waals surface area contributed by atoms with Crippen LogP contribution in [0.4, 0.5) is 10.3 Å². The topological polar surface area (TPSA) is 98.7 Å². The Morgan fingerprint density at radius 2 is 1.91 bits per heavy atom. The first-order valence-electron chi connectivity index (χ1n) is 10.5. The van der Waals surface area contributed by atoms with Gasteiger partial charge in [-0.3, -0.25) is 4.79 Å². The Morgan fingerprint density at radius 1 is 1.24 bits per heavy atom. The second-order valence-electron chi connectivity index (χ2n) is 8.25. The molecule has 178 valence electrons. The number of halogens is 1. The number of methoxy groups -OCH3 is 1. The standard InChI is InChI=1S/C23H28FN3O5S/c1-14(2)21-19(11-10-17-12-18(31-4)13-20(28)32-17)22(15-6-8-16(24)9-7-15)26-23(25-21)27(3)33(5,29)30/h6-11,14,17-18H,12-13H2,1-5H3/b11-10+/t17-,18-/m1/s1. The molecule has 0 unspecified atom stereocenters. The third-order valence-electron chi connectivity index (χ3n) is 5.39. The third kappa shape index (κ3) is 5.94. The van der Waals surface area contributed by atoms with Gasteiger partial charge >= 0.3 is 5.97 Å². The number of anilines is 1. The minimum atomic E-state index is -3.60. The summed E-state index contributed by atoms with van der Waals surface area (Å²) in [6.45, 7) is 3.86. The van der Waals surface area contributed by atoms with Crippen molar-refractivity contribution in [3.8, 4) is 11.3 Å². The van der Waals surface area contributed by atoms with Crippen molar-refractivity contribution in [3.63, 3.8) is 0 Å². The summed E-state index contributed by atoms with van der Waals surface area (Å²) in [5, 5.41) is 0. The van der Waals surface area contributed by atoms with Gasteiger partial charge in [0.1, 0.15) is 11.9 Å². The van der Waals surface area contributed by atoms with E-state index in [9.17, 15) is 17.6 Å². The molecular formula is C23H28FN3O5S. The Labute approximate surface area is 193 Å². The number of carbonyl (C=O) groups is 1. The van der Waals surface area contributed by atoms with Gasteiger partial charge in [0.05, 0.1) is 30.2 Å². The van der Waals surface area contributed by atoms with E-state index in [1.807, 2.05) is 13.8 Å². The van der Waals surface area contributed by atoms with Gasteiger partial charge in [0.15, 0.2) is 0 Å². The number of nitrogens with zero attached hydrogens (tertiary/aromatic N) is 3. The number of hydrogen-bond donors (Lipinski definition) is 0. The van der Waals surface area contributed by atoms with Crippen molar-refractivity contribution in [1.82, 2.24) is 9.97 Å². The van der Waals surface area contributed by atoms with E-state index in [1.54, 1.807) is 31.4 Å². The van der Waals surface area contributed by atoms with Gasteiger partial charge in [-0.15, -0.1) is 0 Å². The van der Waals surface area contributed by atoms with E-state index in [-0.39, 0.29) is 30.4 Å². The van der Waals surface area contributed by atoms with E-state index in [4.69, 9.17) is 9.47 Å². The summed E-state index contributed by atoms with van der Waals surface area (Å²) in [4.78, 5) is 21.0. The number of ether oxygens (including phenoxy) is 2. The van der Waals surface area contributed by atoms with Gasteiger partial charge in [0, 0.05) is 31.7 Å². The molecule has 33 heavy (non-hydrogen) atoms. The number of cyclic esters (lactones) is 1. The predicted molar refractivity (Wildman–Crippen MR) is 124 cm³/mol. The molecule has 2 heterocycles. The smallest absolute Gasteiger partial charge is 0.309 e. The van der Waals surface area contributed by atoms with Gasteiger partial charge < -0.3 is 9.47 Å². The lowest BCUT2D eigenvalue weighted by Crippen LogP contribution is -2.32. The number of carbonyl (C=O) groups excluding carboxylic acids is 1. The van der Waals surface area contributed by atoms with Crippen LogP contribution in [-0.4, -0.2) is 57.0 Å². The highest BCUT2D eigenvalue weighted by atomic mass is 32.2. The molecule has 2 aromatic rings. The van der Waals surface area contributed by atoms with E-state index in [0.717, 1.165) is 10.6 Å². The summed E-state index contributed by atoms with van der Waals surface area (Å²) in [5.74, 6) is -0.811. The second kappa shape index (κ2) is 9.96. The fourth-order valence-corrected chi connectivity index (χ4v) is 3.87. The zero-order valence-corrected chi connectivity index (χ0v) is 20.1. The minimum Gasteiger partial charge on any atom is -0.458 e. The Morgan fingerprint density at radius 3 is 2.48 bits per heavy atom. The quantitative estimate of drug-likeness (QED) is 0.563. The molecule has 1 aliphatic rings. The highest BCUT2D eigenvalue weighted by molar-refractivity contribution is 7.92. The molecule has 1 aromatic carbocycles. The van der Waals surface area contributed by atoms with Crippen molar-refractivity contribution in [2.24, 2.45) is 0 Å². The van der Waals surface area contributed by atoms with Crippen LogP contribution in [0, 0.1) is 5.82 Å². The lowest BCUT2D eigenvalue weighted by atomic mass is 9.97.